The number of rotatable bonds is 6. The summed E-state index contributed by atoms with van der Waals surface area (Å²) in [6, 6.07) is 15.4. The van der Waals surface area contributed by atoms with Gasteiger partial charge in [-0.2, -0.15) is 9.78 Å². The van der Waals surface area contributed by atoms with Crippen molar-refractivity contribution in [3.8, 4) is 11.6 Å². The fraction of sp³-hybridized carbons (Fsp3) is 0.214. The quantitative estimate of drug-likeness (QED) is 0.100. The molecule has 0 spiro atoms. The number of benzene rings is 3. The molecule has 3 aromatic carbocycles. The maximum absolute atomic E-state index is 14.6. The van der Waals surface area contributed by atoms with Crippen LogP contribution in [0.2, 0.25) is 5.02 Å². The van der Waals surface area contributed by atoms with Crippen LogP contribution in [-0.4, -0.2) is 15.7 Å². The minimum absolute atomic E-state index is 0.0698. The van der Waals surface area contributed by atoms with Crippen molar-refractivity contribution in [3.05, 3.63) is 100.0 Å². The van der Waals surface area contributed by atoms with Gasteiger partial charge in [0.1, 0.15) is 0 Å². The van der Waals surface area contributed by atoms with Crippen molar-refractivity contribution < 1.29 is 31.5 Å². The minimum Gasteiger partial charge on any atom is -0.405 e. The second-order valence-electron chi connectivity index (χ2n) is 9.15. The summed E-state index contributed by atoms with van der Waals surface area (Å²) in [5, 5.41) is 4.88. The topological polar surface area (TPSA) is 44.1 Å². The predicted octanol–water partition coefficient (Wildman–Crippen LogP) is 8.10. The number of nitrogens with zero attached hydrogens (tertiary/aromatic N) is 2. The fourth-order valence-electron chi connectivity index (χ4n) is 4.76. The monoisotopic (exact) mass is 578 g/mol. The zero-order chi connectivity index (χ0) is 27.9. The van der Waals surface area contributed by atoms with Gasteiger partial charge >= 0.3 is 5.97 Å². The molecule has 1 aliphatic carbocycles. The minimum atomic E-state index is -2.26. The van der Waals surface area contributed by atoms with Gasteiger partial charge in [0, 0.05) is 5.02 Å². The van der Waals surface area contributed by atoms with Gasteiger partial charge in [0.15, 0.2) is 23.3 Å². The smallest absolute Gasteiger partial charge is 0.323 e. The van der Waals surface area contributed by atoms with Gasteiger partial charge in [0.2, 0.25) is 11.7 Å². The molecule has 5 rings (SSSR count). The van der Waals surface area contributed by atoms with Crippen LogP contribution in [0.5, 0.6) is 5.88 Å². The maximum atomic E-state index is 14.6. The van der Waals surface area contributed by atoms with Crippen LogP contribution < -0.4 is 4.74 Å². The summed E-state index contributed by atoms with van der Waals surface area (Å²) in [7, 11) is 0. The van der Waals surface area contributed by atoms with E-state index in [0.717, 1.165) is 12.8 Å². The summed E-state index contributed by atoms with van der Waals surface area (Å²) in [6.45, 7) is 1.48. The van der Waals surface area contributed by atoms with Crippen LogP contribution >= 0.6 is 23.4 Å². The van der Waals surface area contributed by atoms with Crippen LogP contribution in [-0.2, 0) is 10.2 Å². The Balaban J connectivity index is 1.63. The molecule has 0 amide bonds. The molecule has 0 aliphatic heterocycles. The number of para-hydroxylation sites is 1. The van der Waals surface area contributed by atoms with Gasteiger partial charge in [0.05, 0.1) is 26.6 Å². The van der Waals surface area contributed by atoms with Crippen molar-refractivity contribution in [1.29, 1.82) is 0 Å². The van der Waals surface area contributed by atoms with Gasteiger partial charge in [-0.15, -0.1) is 0 Å². The average Bonchev–Trinajstić information content (AvgIpc) is 3.56. The van der Waals surface area contributed by atoms with Crippen molar-refractivity contribution in [2.24, 2.45) is 0 Å². The molecule has 4 nitrogen and oxygen atoms in total. The lowest BCUT2D eigenvalue weighted by Gasteiger charge is -2.27. The van der Waals surface area contributed by atoms with Gasteiger partial charge in [-0.25, -0.2) is 22.0 Å². The highest BCUT2D eigenvalue weighted by Gasteiger charge is 2.45. The Morgan fingerprint density at radius 3 is 2.03 bits per heavy atom. The third kappa shape index (κ3) is 4.80. The van der Waals surface area contributed by atoms with Crippen molar-refractivity contribution in [3.63, 3.8) is 0 Å². The second kappa shape index (κ2) is 10.7. The predicted molar refractivity (Wildman–Crippen MR) is 136 cm³/mol. The molecule has 1 heterocycles. The van der Waals surface area contributed by atoms with E-state index < -0.39 is 45.4 Å². The molecule has 4 aromatic rings. The normalized spacial score (nSPS) is 14.5. The Bertz CT molecular complexity index is 1530. The van der Waals surface area contributed by atoms with Crippen LogP contribution in [0.15, 0.2) is 64.4 Å². The molecule has 0 saturated heterocycles. The summed E-state index contributed by atoms with van der Waals surface area (Å²) in [5.74, 6) is -11.2. The highest BCUT2D eigenvalue weighted by molar-refractivity contribution is 7.99. The molecule has 1 aromatic heterocycles. The third-order valence-electron chi connectivity index (χ3n) is 6.77. The Morgan fingerprint density at radius 2 is 1.44 bits per heavy atom. The Kier molecular flexibility index (Phi) is 7.43. The number of halogens is 6. The summed E-state index contributed by atoms with van der Waals surface area (Å²) in [6.07, 6.45) is 2.51. The molecule has 11 heteroatoms. The van der Waals surface area contributed by atoms with Gasteiger partial charge in [-0.05, 0) is 49.6 Å². The van der Waals surface area contributed by atoms with E-state index in [1.165, 1.54) is 11.6 Å². The lowest BCUT2D eigenvalue weighted by molar-refractivity contribution is -0.141. The standard InChI is InChI=1S/C28H20ClF5N2O2S/c1-15-24(39-25-22(33)20(31)19(30)21(32)23(25)34)26(36(35-15)18-7-3-2-4-8-18)38-27(37)28(13-5-6-14-28)16-9-11-17(29)12-10-16/h2-4,7-12H,5-6,13-14H2,1H3. The molecular formula is C28H20ClF5N2O2S. The number of hydrogen-bond acceptors (Lipinski definition) is 4. The van der Waals surface area contributed by atoms with E-state index in [0.29, 0.717) is 29.1 Å². The highest BCUT2D eigenvalue weighted by Crippen LogP contribution is 2.46. The largest absolute Gasteiger partial charge is 0.405 e. The fourth-order valence-corrected chi connectivity index (χ4v) is 5.86. The van der Waals surface area contributed by atoms with Crippen molar-refractivity contribution in [1.82, 2.24) is 9.78 Å². The third-order valence-corrected chi connectivity index (χ3v) is 8.26. The number of carbonyl (C=O) groups excluding carboxylic acids is 1. The average molecular weight is 579 g/mol. The van der Waals surface area contributed by atoms with E-state index in [1.807, 2.05) is 0 Å². The van der Waals surface area contributed by atoms with Gasteiger partial charge < -0.3 is 4.74 Å². The van der Waals surface area contributed by atoms with E-state index in [1.54, 1.807) is 54.6 Å². The SMILES string of the molecule is Cc1nn(-c2ccccc2)c(OC(=O)C2(c3ccc(Cl)cc3)CCCC2)c1Sc1c(F)c(F)c(F)c(F)c1F. The summed E-state index contributed by atoms with van der Waals surface area (Å²) in [5.41, 5.74) is 0.296. The number of hydrogen-bond donors (Lipinski definition) is 0. The molecular weight excluding hydrogens is 559 g/mol. The Hall–Kier alpha value is -3.37. The molecule has 1 aliphatic rings. The van der Waals surface area contributed by atoms with E-state index >= 15 is 0 Å². The first-order valence-electron chi connectivity index (χ1n) is 12.0. The zero-order valence-electron chi connectivity index (χ0n) is 20.4. The van der Waals surface area contributed by atoms with Crippen LogP contribution in [0.3, 0.4) is 0 Å². The van der Waals surface area contributed by atoms with Gasteiger partial charge in [0.25, 0.3) is 0 Å². The molecule has 39 heavy (non-hydrogen) atoms. The number of ether oxygens (including phenoxy) is 1. The number of aromatic nitrogens is 2. The molecule has 0 atom stereocenters. The van der Waals surface area contributed by atoms with E-state index in [4.69, 9.17) is 16.3 Å². The summed E-state index contributed by atoms with van der Waals surface area (Å²) < 4.78 is 78.1. The first-order chi connectivity index (χ1) is 18.6. The zero-order valence-corrected chi connectivity index (χ0v) is 22.0. The second-order valence-corrected chi connectivity index (χ2v) is 10.6. The number of esters is 1. The summed E-state index contributed by atoms with van der Waals surface area (Å²) in [4.78, 5) is 12.7. The molecule has 1 fully saturated rings. The van der Waals surface area contributed by atoms with Crippen molar-refractivity contribution >= 4 is 29.3 Å². The van der Waals surface area contributed by atoms with Crippen LogP contribution in [0.4, 0.5) is 22.0 Å². The number of aryl methyl sites for hydroxylation is 1. The molecule has 0 N–H and O–H groups in total. The van der Waals surface area contributed by atoms with Crippen LogP contribution in [0.1, 0.15) is 36.9 Å². The number of carbonyl (C=O) groups is 1. The Labute approximate surface area is 229 Å². The van der Waals surface area contributed by atoms with Crippen molar-refractivity contribution in [2.75, 3.05) is 0 Å². The van der Waals surface area contributed by atoms with E-state index in [2.05, 4.69) is 5.10 Å². The van der Waals surface area contributed by atoms with Crippen LogP contribution in [0, 0.1) is 36.0 Å². The lowest BCUT2D eigenvalue weighted by atomic mass is 9.79. The van der Waals surface area contributed by atoms with Crippen LogP contribution in [0.25, 0.3) is 5.69 Å². The van der Waals surface area contributed by atoms with E-state index in [9.17, 15) is 26.7 Å². The maximum Gasteiger partial charge on any atom is 0.323 e. The summed E-state index contributed by atoms with van der Waals surface area (Å²) >= 11 is 6.30. The molecule has 0 bridgehead atoms. The molecule has 202 valence electrons. The lowest BCUT2D eigenvalue weighted by Crippen LogP contribution is -2.37. The molecule has 0 unspecified atom stereocenters. The Morgan fingerprint density at radius 1 is 0.872 bits per heavy atom. The first kappa shape index (κ1) is 27.2. The van der Waals surface area contributed by atoms with Gasteiger partial charge in [-0.3, -0.25) is 4.79 Å². The highest BCUT2D eigenvalue weighted by atomic mass is 35.5. The molecule has 1 saturated carbocycles. The first-order valence-corrected chi connectivity index (χ1v) is 13.2. The molecule has 0 radical (unpaired) electrons. The van der Waals surface area contributed by atoms with E-state index in [-0.39, 0.29) is 28.2 Å². The van der Waals surface area contributed by atoms with Crippen molar-refractivity contribution in [2.45, 2.75) is 47.8 Å². The van der Waals surface area contributed by atoms with Gasteiger partial charge in [-0.1, -0.05) is 66.5 Å².